The van der Waals surface area contributed by atoms with E-state index in [1.165, 1.54) is 0 Å². The molecule has 5 heteroatoms. The first-order valence-corrected chi connectivity index (χ1v) is 6.90. The van der Waals surface area contributed by atoms with Gasteiger partial charge in [-0.25, -0.2) is 4.79 Å². The van der Waals surface area contributed by atoms with Gasteiger partial charge in [-0.2, -0.15) is 0 Å². The van der Waals surface area contributed by atoms with Crippen LogP contribution >= 0.6 is 0 Å². The number of benzene rings is 1. The van der Waals surface area contributed by atoms with Crippen molar-refractivity contribution in [2.24, 2.45) is 5.92 Å². The molecule has 20 heavy (non-hydrogen) atoms. The summed E-state index contributed by atoms with van der Waals surface area (Å²) < 4.78 is 5.75. The Labute approximate surface area is 118 Å². The summed E-state index contributed by atoms with van der Waals surface area (Å²) in [6, 6.07) is 7.00. The topological polar surface area (TPSA) is 58.6 Å². The van der Waals surface area contributed by atoms with Crippen molar-refractivity contribution in [1.29, 1.82) is 0 Å². The number of amides is 3. The maximum absolute atomic E-state index is 11.9. The minimum atomic E-state index is -0.381. The molecule has 5 nitrogen and oxygen atoms in total. The van der Waals surface area contributed by atoms with E-state index in [9.17, 15) is 9.59 Å². The zero-order valence-corrected chi connectivity index (χ0v) is 12.1. The molecule has 0 aliphatic carbocycles. The van der Waals surface area contributed by atoms with E-state index in [0.717, 1.165) is 17.9 Å². The van der Waals surface area contributed by atoms with Gasteiger partial charge in [0.15, 0.2) is 0 Å². The van der Waals surface area contributed by atoms with Crippen LogP contribution in [0.2, 0.25) is 0 Å². The molecule has 0 spiro atoms. The number of nitrogens with one attached hydrogen (secondary N) is 1. The third-order valence-corrected chi connectivity index (χ3v) is 3.42. The Balaban J connectivity index is 2.18. The van der Waals surface area contributed by atoms with Gasteiger partial charge in [0.2, 0.25) is 5.91 Å². The second-order valence-corrected chi connectivity index (χ2v) is 5.14. The highest BCUT2D eigenvalue weighted by Gasteiger charge is 2.30. The van der Waals surface area contributed by atoms with Crippen LogP contribution < -0.4 is 15.0 Å². The summed E-state index contributed by atoms with van der Waals surface area (Å²) >= 11 is 0. The van der Waals surface area contributed by atoms with Gasteiger partial charge in [0, 0.05) is 18.3 Å². The van der Waals surface area contributed by atoms with Crippen molar-refractivity contribution in [3.8, 4) is 5.75 Å². The number of imide groups is 1. The average molecular weight is 276 g/mol. The fraction of sp³-hybridized carbons (Fsp3) is 0.467. The molecular formula is C15H20N2O3. The van der Waals surface area contributed by atoms with Gasteiger partial charge < -0.3 is 4.74 Å². The lowest BCUT2D eigenvalue weighted by Gasteiger charge is -2.30. The standard InChI is InChI=1S/C15H20N2O3/c1-4-11(3)20-13-7-5-6-12(8-13)17-9-10(2)14(18)16-15(17)19/h5-8,10-11H,4,9H2,1-3H3,(H,16,18,19). The predicted molar refractivity (Wildman–Crippen MR) is 76.9 cm³/mol. The first-order valence-electron chi connectivity index (χ1n) is 6.90. The fourth-order valence-corrected chi connectivity index (χ4v) is 2.00. The van der Waals surface area contributed by atoms with Crippen LogP contribution in [0.5, 0.6) is 5.75 Å². The molecule has 2 atom stereocenters. The smallest absolute Gasteiger partial charge is 0.328 e. The van der Waals surface area contributed by atoms with Crippen molar-refractivity contribution in [2.75, 3.05) is 11.4 Å². The summed E-state index contributed by atoms with van der Waals surface area (Å²) in [4.78, 5) is 24.9. The Kier molecular flexibility index (Phi) is 4.27. The number of urea groups is 1. The lowest BCUT2D eigenvalue weighted by molar-refractivity contribution is -0.123. The summed E-state index contributed by atoms with van der Waals surface area (Å²) in [5.74, 6) is 0.291. The van der Waals surface area contributed by atoms with E-state index in [-0.39, 0.29) is 24.0 Å². The number of hydrogen-bond acceptors (Lipinski definition) is 3. The first-order chi connectivity index (χ1) is 9.51. The van der Waals surface area contributed by atoms with Gasteiger partial charge in [-0.15, -0.1) is 0 Å². The molecule has 2 rings (SSSR count). The van der Waals surface area contributed by atoms with E-state index in [1.807, 2.05) is 31.2 Å². The molecule has 0 bridgehead atoms. The summed E-state index contributed by atoms with van der Waals surface area (Å²) in [6.07, 6.45) is 1.04. The van der Waals surface area contributed by atoms with Crippen molar-refractivity contribution in [2.45, 2.75) is 33.3 Å². The van der Waals surface area contributed by atoms with Crippen LogP contribution in [0.4, 0.5) is 10.5 Å². The van der Waals surface area contributed by atoms with E-state index in [4.69, 9.17) is 4.74 Å². The molecule has 2 unspecified atom stereocenters. The average Bonchev–Trinajstić information content (AvgIpc) is 2.43. The minimum absolute atomic E-state index is 0.126. The van der Waals surface area contributed by atoms with Gasteiger partial charge in [0.1, 0.15) is 5.75 Å². The van der Waals surface area contributed by atoms with Gasteiger partial charge in [0.05, 0.1) is 12.0 Å². The maximum atomic E-state index is 11.9. The largest absolute Gasteiger partial charge is 0.491 e. The molecule has 1 heterocycles. The number of anilines is 1. The number of nitrogens with zero attached hydrogens (tertiary/aromatic N) is 1. The van der Waals surface area contributed by atoms with Gasteiger partial charge in [-0.05, 0) is 25.5 Å². The summed E-state index contributed by atoms with van der Waals surface area (Å²) in [5.41, 5.74) is 0.739. The van der Waals surface area contributed by atoms with E-state index in [1.54, 1.807) is 11.8 Å². The van der Waals surface area contributed by atoms with E-state index in [2.05, 4.69) is 12.2 Å². The molecule has 108 valence electrons. The molecule has 1 aliphatic rings. The number of carbonyl (C=O) groups excluding carboxylic acids is 2. The van der Waals surface area contributed by atoms with Crippen LogP contribution in [-0.2, 0) is 4.79 Å². The molecule has 1 aromatic carbocycles. The first kappa shape index (κ1) is 14.4. The summed E-state index contributed by atoms with van der Waals surface area (Å²) in [5, 5.41) is 2.36. The molecule has 0 radical (unpaired) electrons. The van der Waals surface area contributed by atoms with Crippen molar-refractivity contribution < 1.29 is 14.3 Å². The predicted octanol–water partition coefficient (Wildman–Crippen LogP) is 2.56. The van der Waals surface area contributed by atoms with Crippen LogP contribution in [0.15, 0.2) is 24.3 Å². The Morgan fingerprint density at radius 2 is 2.20 bits per heavy atom. The molecule has 1 N–H and O–H groups in total. The lowest BCUT2D eigenvalue weighted by Crippen LogP contribution is -2.53. The van der Waals surface area contributed by atoms with Crippen LogP contribution in [0.25, 0.3) is 0 Å². The zero-order chi connectivity index (χ0) is 14.7. The Bertz CT molecular complexity index is 516. The third-order valence-electron chi connectivity index (χ3n) is 3.42. The third kappa shape index (κ3) is 3.10. The van der Waals surface area contributed by atoms with Crippen LogP contribution in [0.3, 0.4) is 0 Å². The van der Waals surface area contributed by atoms with Crippen molar-refractivity contribution in [3.63, 3.8) is 0 Å². The number of carbonyl (C=O) groups is 2. The summed E-state index contributed by atoms with van der Waals surface area (Å²) in [6.45, 7) is 6.24. The van der Waals surface area contributed by atoms with Crippen LogP contribution in [0.1, 0.15) is 27.2 Å². The number of ether oxygens (including phenoxy) is 1. The highest BCUT2D eigenvalue weighted by atomic mass is 16.5. The molecule has 0 aromatic heterocycles. The minimum Gasteiger partial charge on any atom is -0.491 e. The van der Waals surface area contributed by atoms with Crippen molar-refractivity contribution >= 4 is 17.6 Å². The molecule has 3 amide bonds. The van der Waals surface area contributed by atoms with Gasteiger partial charge in [-0.1, -0.05) is 19.9 Å². The number of hydrogen-bond donors (Lipinski definition) is 1. The second kappa shape index (κ2) is 5.94. The monoisotopic (exact) mass is 276 g/mol. The molecule has 0 saturated carbocycles. The zero-order valence-electron chi connectivity index (χ0n) is 12.1. The molecule has 1 saturated heterocycles. The Morgan fingerprint density at radius 1 is 1.45 bits per heavy atom. The normalized spacial score (nSPS) is 20.6. The quantitative estimate of drug-likeness (QED) is 0.919. The lowest BCUT2D eigenvalue weighted by atomic mass is 10.1. The van der Waals surface area contributed by atoms with Gasteiger partial charge >= 0.3 is 6.03 Å². The van der Waals surface area contributed by atoms with Crippen molar-refractivity contribution in [3.05, 3.63) is 24.3 Å². The Morgan fingerprint density at radius 3 is 2.90 bits per heavy atom. The van der Waals surface area contributed by atoms with Crippen LogP contribution in [0, 0.1) is 5.92 Å². The van der Waals surface area contributed by atoms with Gasteiger partial charge in [-0.3, -0.25) is 15.0 Å². The van der Waals surface area contributed by atoms with E-state index < -0.39 is 0 Å². The molecule has 1 aliphatic heterocycles. The molecular weight excluding hydrogens is 256 g/mol. The van der Waals surface area contributed by atoms with E-state index >= 15 is 0 Å². The number of rotatable bonds is 4. The van der Waals surface area contributed by atoms with Crippen molar-refractivity contribution in [1.82, 2.24) is 5.32 Å². The second-order valence-electron chi connectivity index (χ2n) is 5.14. The molecule has 1 fully saturated rings. The highest BCUT2D eigenvalue weighted by Crippen LogP contribution is 2.24. The van der Waals surface area contributed by atoms with Gasteiger partial charge in [0.25, 0.3) is 0 Å². The highest BCUT2D eigenvalue weighted by molar-refractivity contribution is 6.06. The van der Waals surface area contributed by atoms with Crippen LogP contribution in [-0.4, -0.2) is 24.6 Å². The maximum Gasteiger partial charge on any atom is 0.328 e. The molecule has 1 aromatic rings. The SMILES string of the molecule is CCC(C)Oc1cccc(N2CC(C)C(=O)NC2=O)c1. The van der Waals surface area contributed by atoms with E-state index in [0.29, 0.717) is 6.54 Å². The Hall–Kier alpha value is -2.04. The fourth-order valence-electron chi connectivity index (χ4n) is 2.00. The summed E-state index contributed by atoms with van der Waals surface area (Å²) in [7, 11) is 0.